The van der Waals surface area contributed by atoms with Crippen LogP contribution in [0.1, 0.15) is 12.2 Å². The third-order valence-corrected chi connectivity index (χ3v) is 3.99. The molecule has 0 spiro atoms. The number of carbonyl (C=O) groups is 1. The summed E-state index contributed by atoms with van der Waals surface area (Å²) >= 11 is 4.66. The van der Waals surface area contributed by atoms with E-state index in [1.165, 1.54) is 11.9 Å². The largest absolute Gasteiger partial charge is 0.396 e. The van der Waals surface area contributed by atoms with Crippen molar-refractivity contribution in [1.29, 1.82) is 0 Å². The first kappa shape index (κ1) is 16.9. The van der Waals surface area contributed by atoms with Crippen LogP contribution in [0, 0.1) is 0 Å². The van der Waals surface area contributed by atoms with E-state index in [2.05, 4.69) is 31.1 Å². The number of aliphatic hydroxyl groups is 1. The van der Waals surface area contributed by atoms with E-state index in [-0.39, 0.29) is 19.2 Å². The topological polar surface area (TPSA) is 87.4 Å². The van der Waals surface area contributed by atoms with E-state index < -0.39 is 0 Å². The van der Waals surface area contributed by atoms with Crippen LogP contribution in [0.2, 0.25) is 0 Å². The first-order valence-electron chi connectivity index (χ1n) is 6.67. The number of urea groups is 1. The molecule has 1 aromatic heterocycles. The van der Waals surface area contributed by atoms with Crippen LogP contribution < -0.4 is 10.0 Å². The Kier molecular flexibility index (Phi) is 6.75. The third kappa shape index (κ3) is 5.36. The van der Waals surface area contributed by atoms with Crippen molar-refractivity contribution >= 4 is 33.9 Å². The van der Waals surface area contributed by atoms with Gasteiger partial charge in [-0.15, -0.1) is 0 Å². The zero-order valence-corrected chi connectivity index (χ0v) is 14.1. The van der Waals surface area contributed by atoms with E-state index in [1.807, 2.05) is 24.3 Å². The lowest BCUT2D eigenvalue weighted by atomic mass is 10.1. The van der Waals surface area contributed by atoms with Crippen LogP contribution >= 0.6 is 27.9 Å². The fraction of sp³-hybridized carbons (Fsp3) is 0.286. The minimum absolute atomic E-state index is 0.118. The third-order valence-electron chi connectivity index (χ3n) is 2.67. The standard InChI is InChI=1S/C14H16BrN3O3S/c15-11-4-1-3-10(7-11)13-8-12(21-17-13)9-16-14(20)18-22-6-2-5-19/h1,3-4,7-8,19H,2,5-6,9H2,(H2,16,18,20). The molecule has 0 aliphatic carbocycles. The Hall–Kier alpha value is -1.51. The number of aliphatic hydroxyl groups excluding tert-OH is 1. The van der Waals surface area contributed by atoms with E-state index in [1.54, 1.807) is 6.07 Å². The molecular weight excluding hydrogens is 370 g/mol. The highest BCUT2D eigenvalue weighted by Crippen LogP contribution is 2.22. The summed E-state index contributed by atoms with van der Waals surface area (Å²) in [5, 5.41) is 15.3. The number of hydrogen-bond donors (Lipinski definition) is 3. The summed E-state index contributed by atoms with van der Waals surface area (Å²) < 4.78 is 8.79. The fourth-order valence-corrected chi connectivity index (χ4v) is 2.61. The van der Waals surface area contributed by atoms with Gasteiger partial charge in [0.1, 0.15) is 5.69 Å². The molecule has 0 fully saturated rings. The molecular formula is C14H16BrN3O3S. The molecule has 2 rings (SSSR count). The Morgan fingerprint density at radius 3 is 3.05 bits per heavy atom. The number of halogens is 1. The first-order chi connectivity index (χ1) is 10.7. The summed E-state index contributed by atoms with van der Waals surface area (Å²) in [6.45, 7) is 0.375. The van der Waals surface area contributed by atoms with Gasteiger partial charge in [0.15, 0.2) is 5.76 Å². The quantitative estimate of drug-likeness (QED) is 0.503. The molecule has 0 aliphatic rings. The summed E-state index contributed by atoms with van der Waals surface area (Å²) in [6, 6.07) is 9.22. The molecule has 0 atom stereocenters. The maximum absolute atomic E-state index is 11.5. The Morgan fingerprint density at radius 1 is 1.41 bits per heavy atom. The zero-order valence-electron chi connectivity index (χ0n) is 11.7. The number of amides is 2. The van der Waals surface area contributed by atoms with Crippen LogP contribution in [0.5, 0.6) is 0 Å². The average Bonchev–Trinajstić information content (AvgIpc) is 2.98. The fourth-order valence-electron chi connectivity index (χ4n) is 1.64. The van der Waals surface area contributed by atoms with Crippen LogP contribution in [-0.2, 0) is 6.54 Å². The Labute approximate surface area is 140 Å². The van der Waals surface area contributed by atoms with Crippen molar-refractivity contribution in [2.24, 2.45) is 0 Å². The number of rotatable bonds is 7. The summed E-state index contributed by atoms with van der Waals surface area (Å²) in [5.74, 6) is 1.24. The molecule has 6 nitrogen and oxygen atoms in total. The Bertz CT molecular complexity index is 621. The van der Waals surface area contributed by atoms with Gasteiger partial charge in [-0.05, 0) is 30.5 Å². The highest BCUT2D eigenvalue weighted by atomic mass is 79.9. The normalized spacial score (nSPS) is 10.5. The number of carbonyl (C=O) groups excluding carboxylic acids is 1. The van der Waals surface area contributed by atoms with Crippen molar-refractivity contribution in [1.82, 2.24) is 15.2 Å². The van der Waals surface area contributed by atoms with E-state index >= 15 is 0 Å². The smallest absolute Gasteiger partial charge is 0.325 e. The summed E-state index contributed by atoms with van der Waals surface area (Å²) in [7, 11) is 0. The van der Waals surface area contributed by atoms with Crippen LogP contribution in [0.25, 0.3) is 11.3 Å². The SMILES string of the molecule is O=C(NCc1cc(-c2cccc(Br)c2)no1)NSCCCO. The van der Waals surface area contributed by atoms with Gasteiger partial charge in [-0.2, -0.15) is 0 Å². The van der Waals surface area contributed by atoms with Crippen molar-refractivity contribution in [2.75, 3.05) is 12.4 Å². The van der Waals surface area contributed by atoms with Crippen molar-refractivity contribution in [2.45, 2.75) is 13.0 Å². The molecule has 2 aromatic rings. The predicted octanol–water partition coefficient (Wildman–Crippen LogP) is 2.93. The molecule has 3 N–H and O–H groups in total. The molecule has 22 heavy (non-hydrogen) atoms. The van der Waals surface area contributed by atoms with Crippen molar-refractivity contribution < 1.29 is 14.4 Å². The number of benzene rings is 1. The lowest BCUT2D eigenvalue weighted by Gasteiger charge is -2.04. The molecule has 0 radical (unpaired) electrons. The van der Waals surface area contributed by atoms with Gasteiger partial charge in [0.2, 0.25) is 0 Å². The predicted molar refractivity (Wildman–Crippen MR) is 89.2 cm³/mol. The van der Waals surface area contributed by atoms with Crippen molar-refractivity contribution in [3.8, 4) is 11.3 Å². The number of aromatic nitrogens is 1. The maximum atomic E-state index is 11.5. The maximum Gasteiger partial charge on any atom is 0.325 e. The highest BCUT2D eigenvalue weighted by Gasteiger charge is 2.08. The monoisotopic (exact) mass is 385 g/mol. The number of nitrogens with one attached hydrogen (secondary N) is 2. The molecule has 0 saturated carbocycles. The van der Waals surface area contributed by atoms with E-state index in [4.69, 9.17) is 9.63 Å². The van der Waals surface area contributed by atoms with Crippen LogP contribution in [0.3, 0.4) is 0 Å². The van der Waals surface area contributed by atoms with Gasteiger partial charge in [0, 0.05) is 28.5 Å². The lowest BCUT2D eigenvalue weighted by molar-refractivity contribution is 0.244. The molecule has 0 unspecified atom stereocenters. The second kappa shape index (κ2) is 8.82. The molecule has 118 valence electrons. The summed E-state index contributed by atoms with van der Waals surface area (Å²) in [5.41, 5.74) is 1.66. The van der Waals surface area contributed by atoms with Gasteiger partial charge in [-0.1, -0.05) is 33.2 Å². The Morgan fingerprint density at radius 2 is 2.27 bits per heavy atom. The molecule has 1 heterocycles. The first-order valence-corrected chi connectivity index (χ1v) is 8.45. The molecule has 0 aliphatic heterocycles. The molecule has 1 aromatic carbocycles. The van der Waals surface area contributed by atoms with Crippen LogP contribution in [0.15, 0.2) is 39.3 Å². The zero-order chi connectivity index (χ0) is 15.8. The molecule has 0 saturated heterocycles. The van der Waals surface area contributed by atoms with Gasteiger partial charge < -0.3 is 14.9 Å². The van der Waals surface area contributed by atoms with E-state index in [0.29, 0.717) is 17.9 Å². The minimum Gasteiger partial charge on any atom is -0.396 e. The van der Waals surface area contributed by atoms with Gasteiger partial charge in [0.05, 0.1) is 6.54 Å². The van der Waals surface area contributed by atoms with Crippen molar-refractivity contribution in [3.63, 3.8) is 0 Å². The van der Waals surface area contributed by atoms with Gasteiger partial charge in [0.25, 0.3) is 0 Å². The number of nitrogens with zero attached hydrogens (tertiary/aromatic N) is 1. The second-order valence-electron chi connectivity index (χ2n) is 4.40. The van der Waals surface area contributed by atoms with Crippen LogP contribution in [0.4, 0.5) is 4.79 Å². The lowest BCUT2D eigenvalue weighted by Crippen LogP contribution is -2.30. The van der Waals surface area contributed by atoms with Gasteiger partial charge in [-0.3, -0.25) is 4.72 Å². The van der Waals surface area contributed by atoms with Crippen LogP contribution in [-0.4, -0.2) is 28.7 Å². The average molecular weight is 386 g/mol. The summed E-state index contributed by atoms with van der Waals surface area (Å²) in [6.07, 6.45) is 0.642. The Balaban J connectivity index is 1.81. The van der Waals surface area contributed by atoms with Crippen molar-refractivity contribution in [3.05, 3.63) is 40.6 Å². The minimum atomic E-state index is -0.302. The number of hydrogen-bond acceptors (Lipinski definition) is 5. The second-order valence-corrected chi connectivity index (χ2v) is 6.22. The van der Waals surface area contributed by atoms with Gasteiger partial charge in [-0.25, -0.2) is 4.79 Å². The molecule has 2 amide bonds. The summed E-state index contributed by atoms with van der Waals surface area (Å²) in [4.78, 5) is 11.5. The van der Waals surface area contributed by atoms with E-state index in [9.17, 15) is 4.79 Å². The molecule has 8 heteroatoms. The molecule has 0 bridgehead atoms. The van der Waals surface area contributed by atoms with E-state index in [0.717, 1.165) is 15.7 Å². The highest BCUT2D eigenvalue weighted by molar-refractivity contribution is 9.10. The van der Waals surface area contributed by atoms with Gasteiger partial charge >= 0.3 is 6.03 Å².